The van der Waals surface area contributed by atoms with E-state index in [4.69, 9.17) is 13.9 Å². The Kier molecular flexibility index (Phi) is 3.44. The van der Waals surface area contributed by atoms with Gasteiger partial charge < -0.3 is 13.9 Å². The van der Waals surface area contributed by atoms with E-state index in [1.807, 2.05) is 26.0 Å². The molecule has 0 spiro atoms. The molecule has 0 bridgehead atoms. The first-order chi connectivity index (χ1) is 11.6. The van der Waals surface area contributed by atoms with Crippen molar-refractivity contribution in [3.63, 3.8) is 0 Å². The number of hydrogen-bond donors (Lipinski definition) is 0. The molecule has 1 aromatic heterocycles. The van der Waals surface area contributed by atoms with Crippen molar-refractivity contribution in [1.29, 1.82) is 0 Å². The van der Waals surface area contributed by atoms with Gasteiger partial charge in [-0.25, -0.2) is 4.79 Å². The Labute approximate surface area is 138 Å². The van der Waals surface area contributed by atoms with Gasteiger partial charge in [0.1, 0.15) is 23.7 Å². The molecule has 0 fully saturated rings. The number of ketones is 1. The van der Waals surface area contributed by atoms with Crippen LogP contribution in [0.1, 0.15) is 41.8 Å². The molecule has 0 N–H and O–H groups in total. The molecule has 0 aliphatic carbocycles. The number of hydrogen-bond acceptors (Lipinski definition) is 5. The molecule has 24 heavy (non-hydrogen) atoms. The Hall–Kier alpha value is -2.56. The Morgan fingerprint density at radius 1 is 1.21 bits per heavy atom. The van der Waals surface area contributed by atoms with Crippen LogP contribution in [0, 0.1) is 5.92 Å². The maximum absolute atomic E-state index is 12.8. The average molecular weight is 326 g/mol. The van der Waals surface area contributed by atoms with Crippen molar-refractivity contribution < 1.29 is 18.7 Å². The lowest BCUT2D eigenvalue weighted by molar-refractivity contribution is 0.0849. The number of fused-ring (bicyclic) bond motifs is 6. The van der Waals surface area contributed by atoms with Crippen molar-refractivity contribution in [2.45, 2.75) is 26.7 Å². The van der Waals surface area contributed by atoms with Gasteiger partial charge in [0.05, 0.1) is 23.5 Å². The smallest absolute Gasteiger partial charge is 0.336 e. The number of carbonyl (C=O) groups excluding carboxylic acids is 1. The Bertz CT molecular complexity index is 935. The van der Waals surface area contributed by atoms with Gasteiger partial charge in [-0.05, 0) is 24.1 Å². The summed E-state index contributed by atoms with van der Waals surface area (Å²) in [5.74, 6) is 0.779. The number of aryl methyl sites for hydroxylation is 1. The SMILES string of the molecule is CCCc1cc(=O)oc2c3c(c4c(c12)OCC=C4)OCC(C)C3=O. The van der Waals surface area contributed by atoms with Crippen LogP contribution >= 0.6 is 0 Å². The third-order valence-electron chi connectivity index (χ3n) is 4.51. The lowest BCUT2D eigenvalue weighted by Crippen LogP contribution is -2.27. The molecule has 1 unspecified atom stereocenters. The second-order valence-electron chi connectivity index (χ2n) is 6.28. The molecule has 2 aliphatic rings. The zero-order chi connectivity index (χ0) is 16.8. The van der Waals surface area contributed by atoms with Gasteiger partial charge in [-0.2, -0.15) is 0 Å². The van der Waals surface area contributed by atoms with Gasteiger partial charge in [-0.15, -0.1) is 0 Å². The minimum Gasteiger partial charge on any atom is -0.491 e. The Morgan fingerprint density at radius 2 is 2.04 bits per heavy atom. The van der Waals surface area contributed by atoms with E-state index < -0.39 is 5.63 Å². The summed E-state index contributed by atoms with van der Waals surface area (Å²) >= 11 is 0. The van der Waals surface area contributed by atoms with Crippen LogP contribution in [0.15, 0.2) is 21.4 Å². The minimum atomic E-state index is -0.453. The molecule has 5 nitrogen and oxygen atoms in total. The molecule has 2 aromatic rings. The highest BCUT2D eigenvalue weighted by atomic mass is 16.5. The van der Waals surface area contributed by atoms with Crippen molar-refractivity contribution in [1.82, 2.24) is 0 Å². The fraction of sp³-hybridized carbons (Fsp3) is 0.368. The van der Waals surface area contributed by atoms with Gasteiger partial charge in [0.25, 0.3) is 0 Å². The lowest BCUT2D eigenvalue weighted by Gasteiger charge is -2.27. The van der Waals surface area contributed by atoms with Crippen molar-refractivity contribution >= 4 is 22.8 Å². The number of rotatable bonds is 2. The van der Waals surface area contributed by atoms with E-state index in [9.17, 15) is 9.59 Å². The average Bonchev–Trinajstić information content (AvgIpc) is 2.57. The monoisotopic (exact) mass is 326 g/mol. The van der Waals surface area contributed by atoms with Gasteiger partial charge in [-0.3, -0.25) is 4.79 Å². The second-order valence-corrected chi connectivity index (χ2v) is 6.28. The fourth-order valence-corrected chi connectivity index (χ4v) is 3.41. The summed E-state index contributed by atoms with van der Waals surface area (Å²) in [5.41, 5.74) is 1.82. The summed E-state index contributed by atoms with van der Waals surface area (Å²) in [7, 11) is 0. The number of benzene rings is 1. The number of carbonyl (C=O) groups is 1. The van der Waals surface area contributed by atoms with Crippen LogP contribution in [0.2, 0.25) is 0 Å². The summed E-state index contributed by atoms with van der Waals surface area (Å²) in [5, 5.41) is 0.723. The van der Waals surface area contributed by atoms with E-state index in [1.54, 1.807) is 0 Å². The molecule has 2 aliphatic heterocycles. The maximum atomic E-state index is 12.8. The van der Waals surface area contributed by atoms with Crippen LogP contribution in [0.5, 0.6) is 11.5 Å². The van der Waals surface area contributed by atoms with E-state index in [2.05, 4.69) is 0 Å². The molecule has 1 atom stereocenters. The van der Waals surface area contributed by atoms with E-state index in [0.717, 1.165) is 22.9 Å². The van der Waals surface area contributed by atoms with Crippen molar-refractivity contribution in [3.8, 4) is 11.5 Å². The highest BCUT2D eigenvalue weighted by Gasteiger charge is 2.34. The molecular formula is C19H18O5. The van der Waals surface area contributed by atoms with Crippen LogP contribution in [-0.4, -0.2) is 19.0 Å². The highest BCUT2D eigenvalue weighted by Crippen LogP contribution is 2.46. The van der Waals surface area contributed by atoms with Crippen molar-refractivity contribution in [3.05, 3.63) is 39.3 Å². The van der Waals surface area contributed by atoms with E-state index in [-0.39, 0.29) is 11.7 Å². The third kappa shape index (κ3) is 2.08. The van der Waals surface area contributed by atoms with E-state index in [1.165, 1.54) is 6.07 Å². The Morgan fingerprint density at radius 3 is 2.83 bits per heavy atom. The molecule has 4 rings (SSSR count). The van der Waals surface area contributed by atoms with Gasteiger partial charge >= 0.3 is 5.63 Å². The zero-order valence-corrected chi connectivity index (χ0v) is 13.7. The minimum absolute atomic E-state index is 0.0557. The maximum Gasteiger partial charge on any atom is 0.336 e. The van der Waals surface area contributed by atoms with E-state index in [0.29, 0.717) is 42.3 Å². The largest absolute Gasteiger partial charge is 0.491 e. The third-order valence-corrected chi connectivity index (χ3v) is 4.51. The van der Waals surface area contributed by atoms with E-state index >= 15 is 0 Å². The van der Waals surface area contributed by atoms with Crippen LogP contribution in [0.4, 0.5) is 0 Å². The molecule has 3 heterocycles. The molecule has 124 valence electrons. The summed E-state index contributed by atoms with van der Waals surface area (Å²) < 4.78 is 17.2. The first-order valence-electron chi connectivity index (χ1n) is 8.24. The summed E-state index contributed by atoms with van der Waals surface area (Å²) in [4.78, 5) is 24.8. The van der Waals surface area contributed by atoms with Gasteiger partial charge in [0.2, 0.25) is 0 Å². The lowest BCUT2D eigenvalue weighted by atomic mass is 9.89. The normalized spacial score (nSPS) is 18.8. The predicted octanol–water partition coefficient (Wildman–Crippen LogP) is 3.36. The van der Waals surface area contributed by atoms with Crippen molar-refractivity contribution in [2.24, 2.45) is 5.92 Å². The van der Waals surface area contributed by atoms with Crippen LogP contribution in [0.25, 0.3) is 17.0 Å². The first kappa shape index (κ1) is 15.0. The fourth-order valence-electron chi connectivity index (χ4n) is 3.41. The van der Waals surface area contributed by atoms with Crippen LogP contribution in [-0.2, 0) is 6.42 Å². The molecule has 0 radical (unpaired) electrons. The molecule has 0 saturated heterocycles. The topological polar surface area (TPSA) is 65.7 Å². The number of Topliss-reactive ketones (excluding diaryl/α,β-unsaturated/α-hetero) is 1. The predicted molar refractivity (Wildman–Crippen MR) is 90.0 cm³/mol. The molecule has 1 aromatic carbocycles. The standard InChI is InChI=1S/C19H18O5/c1-3-5-11-8-13(20)24-19-14(11)17-12(6-4-7-22-17)18-15(19)16(21)10(2)9-23-18/h4,6,8,10H,3,5,7,9H2,1-2H3. The highest BCUT2D eigenvalue weighted by molar-refractivity contribution is 6.14. The molecular weight excluding hydrogens is 308 g/mol. The van der Waals surface area contributed by atoms with Crippen LogP contribution < -0.4 is 15.1 Å². The van der Waals surface area contributed by atoms with Gasteiger partial charge in [-0.1, -0.05) is 20.3 Å². The van der Waals surface area contributed by atoms with Crippen LogP contribution in [0.3, 0.4) is 0 Å². The van der Waals surface area contributed by atoms with Gasteiger partial charge in [0.15, 0.2) is 11.4 Å². The quantitative estimate of drug-likeness (QED) is 0.792. The first-order valence-corrected chi connectivity index (χ1v) is 8.24. The second kappa shape index (κ2) is 5.51. The molecule has 0 saturated carbocycles. The molecule has 0 amide bonds. The summed E-state index contributed by atoms with van der Waals surface area (Å²) in [6.07, 6.45) is 5.40. The van der Waals surface area contributed by atoms with Crippen molar-refractivity contribution in [2.75, 3.05) is 13.2 Å². The molecule has 5 heteroatoms. The Balaban J connectivity index is 2.19. The van der Waals surface area contributed by atoms with Gasteiger partial charge in [0, 0.05) is 6.07 Å². The summed E-state index contributed by atoms with van der Waals surface area (Å²) in [6.45, 7) is 4.62. The summed E-state index contributed by atoms with van der Waals surface area (Å²) in [6, 6.07) is 1.50. The number of ether oxygens (including phenoxy) is 2. The zero-order valence-electron chi connectivity index (χ0n) is 13.7.